The van der Waals surface area contributed by atoms with Crippen molar-refractivity contribution in [1.82, 2.24) is 14.4 Å². The predicted octanol–water partition coefficient (Wildman–Crippen LogP) is 3.27. The van der Waals surface area contributed by atoms with Crippen LogP contribution in [-0.2, 0) is 23.1 Å². The maximum Gasteiger partial charge on any atom is 0.230 e. The van der Waals surface area contributed by atoms with E-state index in [9.17, 15) is 4.79 Å². The Bertz CT molecular complexity index is 722. The summed E-state index contributed by atoms with van der Waals surface area (Å²) in [6, 6.07) is 14.3. The lowest BCUT2D eigenvalue weighted by Gasteiger charge is -2.30. The standard InChI is InChI=1S/C23H33N3O2/c1-3-22(20-9-5-4-6-10-20)23(27)26(19-21-11-7-12-24(21)2)14-8-13-25-15-17-28-18-16-25/h4-7,9-12,22H,3,8,13-19H2,1-2H3/t22-/m1/s1. The number of morpholine rings is 1. The summed E-state index contributed by atoms with van der Waals surface area (Å²) in [7, 11) is 2.04. The van der Waals surface area contributed by atoms with E-state index >= 15 is 0 Å². The maximum atomic E-state index is 13.5. The highest BCUT2D eigenvalue weighted by atomic mass is 16.5. The molecule has 1 fully saturated rings. The van der Waals surface area contributed by atoms with E-state index in [2.05, 4.69) is 39.5 Å². The molecular weight excluding hydrogens is 350 g/mol. The van der Waals surface area contributed by atoms with Crippen LogP contribution in [0.25, 0.3) is 0 Å². The van der Waals surface area contributed by atoms with E-state index in [1.807, 2.05) is 37.5 Å². The normalized spacial score (nSPS) is 16.1. The minimum Gasteiger partial charge on any atom is -0.379 e. The SMILES string of the molecule is CC[C@@H](C(=O)N(CCCN1CCOCC1)Cc1cccn1C)c1ccccc1. The number of amides is 1. The molecule has 5 nitrogen and oxygen atoms in total. The molecule has 1 saturated heterocycles. The van der Waals surface area contributed by atoms with Crippen LogP contribution in [0, 0.1) is 0 Å². The molecule has 28 heavy (non-hydrogen) atoms. The fraction of sp³-hybridized carbons (Fsp3) is 0.522. The van der Waals surface area contributed by atoms with Crippen molar-refractivity contribution in [2.24, 2.45) is 7.05 Å². The number of benzene rings is 1. The molecule has 1 atom stereocenters. The number of carbonyl (C=O) groups excluding carboxylic acids is 1. The average Bonchev–Trinajstić information content (AvgIpc) is 3.14. The second-order valence-electron chi connectivity index (χ2n) is 7.55. The third-order valence-electron chi connectivity index (χ3n) is 5.63. The fourth-order valence-electron chi connectivity index (χ4n) is 3.89. The number of carbonyl (C=O) groups is 1. The molecule has 1 aromatic carbocycles. The van der Waals surface area contributed by atoms with Crippen molar-refractivity contribution in [3.8, 4) is 0 Å². The molecule has 0 spiro atoms. The molecule has 0 saturated carbocycles. The lowest BCUT2D eigenvalue weighted by atomic mass is 9.95. The molecule has 1 amide bonds. The van der Waals surface area contributed by atoms with E-state index in [0.717, 1.165) is 57.8 Å². The van der Waals surface area contributed by atoms with Crippen LogP contribution in [0.15, 0.2) is 48.7 Å². The van der Waals surface area contributed by atoms with Crippen molar-refractivity contribution >= 4 is 5.91 Å². The van der Waals surface area contributed by atoms with Gasteiger partial charge in [0.1, 0.15) is 0 Å². The monoisotopic (exact) mass is 383 g/mol. The molecule has 3 rings (SSSR count). The first-order valence-corrected chi connectivity index (χ1v) is 10.4. The van der Waals surface area contributed by atoms with E-state index in [0.29, 0.717) is 6.54 Å². The van der Waals surface area contributed by atoms with Crippen LogP contribution in [-0.4, -0.2) is 59.7 Å². The van der Waals surface area contributed by atoms with Gasteiger partial charge in [0.05, 0.1) is 25.7 Å². The lowest BCUT2D eigenvalue weighted by Crippen LogP contribution is -2.40. The number of hydrogen-bond donors (Lipinski definition) is 0. The van der Waals surface area contributed by atoms with Crippen LogP contribution in [0.3, 0.4) is 0 Å². The molecule has 1 aliphatic heterocycles. The second kappa shape index (κ2) is 10.4. The smallest absolute Gasteiger partial charge is 0.230 e. The summed E-state index contributed by atoms with van der Waals surface area (Å²) in [5.74, 6) is 0.154. The Morgan fingerprint density at radius 1 is 1.14 bits per heavy atom. The average molecular weight is 384 g/mol. The fourth-order valence-corrected chi connectivity index (χ4v) is 3.89. The van der Waals surface area contributed by atoms with Crippen LogP contribution in [0.5, 0.6) is 0 Å². The van der Waals surface area contributed by atoms with Crippen LogP contribution in [0.4, 0.5) is 0 Å². The molecule has 152 valence electrons. The number of ether oxygens (including phenoxy) is 1. The van der Waals surface area contributed by atoms with Crippen molar-refractivity contribution in [2.75, 3.05) is 39.4 Å². The quantitative estimate of drug-likeness (QED) is 0.667. The minimum atomic E-state index is -0.0788. The molecule has 0 unspecified atom stereocenters. The van der Waals surface area contributed by atoms with Gasteiger partial charge in [-0.2, -0.15) is 0 Å². The first kappa shape index (κ1) is 20.6. The molecule has 1 aromatic heterocycles. The van der Waals surface area contributed by atoms with Gasteiger partial charge >= 0.3 is 0 Å². The highest BCUT2D eigenvalue weighted by Gasteiger charge is 2.25. The van der Waals surface area contributed by atoms with Gasteiger partial charge in [-0.15, -0.1) is 0 Å². The van der Waals surface area contributed by atoms with E-state index in [4.69, 9.17) is 4.74 Å². The number of nitrogens with zero attached hydrogens (tertiary/aromatic N) is 3. The van der Waals surface area contributed by atoms with Gasteiger partial charge in [0.15, 0.2) is 0 Å². The lowest BCUT2D eigenvalue weighted by molar-refractivity contribution is -0.133. The maximum absolute atomic E-state index is 13.5. The molecule has 0 N–H and O–H groups in total. The highest BCUT2D eigenvalue weighted by molar-refractivity contribution is 5.83. The number of hydrogen-bond acceptors (Lipinski definition) is 3. The Balaban J connectivity index is 1.68. The largest absolute Gasteiger partial charge is 0.379 e. The Morgan fingerprint density at radius 3 is 2.54 bits per heavy atom. The molecule has 1 aliphatic rings. The van der Waals surface area contributed by atoms with Gasteiger partial charge in [0.2, 0.25) is 5.91 Å². The zero-order valence-electron chi connectivity index (χ0n) is 17.2. The molecule has 0 bridgehead atoms. The van der Waals surface area contributed by atoms with Gasteiger partial charge in [-0.05, 0) is 30.5 Å². The summed E-state index contributed by atoms with van der Waals surface area (Å²) in [4.78, 5) is 18.0. The summed E-state index contributed by atoms with van der Waals surface area (Å²) in [5, 5.41) is 0. The summed E-state index contributed by atoms with van der Waals surface area (Å²) >= 11 is 0. The Hall–Kier alpha value is -2.11. The van der Waals surface area contributed by atoms with E-state index in [-0.39, 0.29) is 11.8 Å². The van der Waals surface area contributed by atoms with Crippen molar-refractivity contribution in [3.63, 3.8) is 0 Å². The van der Waals surface area contributed by atoms with Crippen molar-refractivity contribution in [1.29, 1.82) is 0 Å². The highest BCUT2D eigenvalue weighted by Crippen LogP contribution is 2.23. The molecule has 2 heterocycles. The van der Waals surface area contributed by atoms with Gasteiger partial charge < -0.3 is 14.2 Å². The second-order valence-corrected chi connectivity index (χ2v) is 7.55. The minimum absolute atomic E-state index is 0.0788. The molecule has 0 radical (unpaired) electrons. The van der Waals surface area contributed by atoms with Gasteiger partial charge in [0, 0.05) is 45.1 Å². The van der Waals surface area contributed by atoms with Gasteiger partial charge in [-0.3, -0.25) is 9.69 Å². The molecule has 2 aromatic rings. The van der Waals surface area contributed by atoms with Crippen LogP contribution in [0.2, 0.25) is 0 Å². The van der Waals surface area contributed by atoms with Gasteiger partial charge in [0.25, 0.3) is 0 Å². The molecular formula is C23H33N3O2. The first-order chi connectivity index (χ1) is 13.7. The number of aromatic nitrogens is 1. The zero-order chi connectivity index (χ0) is 19.8. The summed E-state index contributed by atoms with van der Waals surface area (Å²) in [6.45, 7) is 8.18. The number of rotatable bonds is 9. The third-order valence-corrected chi connectivity index (χ3v) is 5.63. The van der Waals surface area contributed by atoms with Gasteiger partial charge in [-0.25, -0.2) is 0 Å². The van der Waals surface area contributed by atoms with E-state index < -0.39 is 0 Å². The molecule has 0 aliphatic carbocycles. The van der Waals surface area contributed by atoms with Crippen molar-refractivity contribution in [2.45, 2.75) is 32.2 Å². The van der Waals surface area contributed by atoms with E-state index in [1.165, 1.54) is 5.69 Å². The summed E-state index contributed by atoms with van der Waals surface area (Å²) in [5.41, 5.74) is 2.28. The third kappa shape index (κ3) is 5.46. The molecule has 5 heteroatoms. The van der Waals surface area contributed by atoms with E-state index in [1.54, 1.807) is 0 Å². The topological polar surface area (TPSA) is 37.7 Å². The van der Waals surface area contributed by atoms with Crippen LogP contribution >= 0.6 is 0 Å². The Kier molecular flexibility index (Phi) is 7.69. The van der Waals surface area contributed by atoms with Crippen LogP contribution in [0.1, 0.15) is 36.9 Å². The van der Waals surface area contributed by atoms with Crippen molar-refractivity contribution < 1.29 is 9.53 Å². The summed E-state index contributed by atoms with van der Waals surface area (Å²) in [6.07, 6.45) is 3.84. The van der Waals surface area contributed by atoms with Gasteiger partial charge in [-0.1, -0.05) is 37.3 Å². The van der Waals surface area contributed by atoms with Crippen molar-refractivity contribution in [3.05, 3.63) is 59.9 Å². The Labute approximate surface area is 168 Å². The first-order valence-electron chi connectivity index (χ1n) is 10.4. The number of aryl methyl sites for hydroxylation is 1. The summed E-state index contributed by atoms with van der Waals surface area (Å²) < 4.78 is 7.54. The zero-order valence-corrected chi connectivity index (χ0v) is 17.2. The predicted molar refractivity (Wildman–Crippen MR) is 112 cm³/mol. The Morgan fingerprint density at radius 2 is 1.89 bits per heavy atom. The van der Waals surface area contributed by atoms with Crippen LogP contribution < -0.4 is 0 Å².